The molecule has 3 N–H and O–H groups in total. The van der Waals surface area contributed by atoms with Crippen LogP contribution in [0.2, 0.25) is 0 Å². The third-order valence-corrected chi connectivity index (χ3v) is 2.65. The number of hydrogen-bond acceptors (Lipinski definition) is 4. The van der Waals surface area contributed by atoms with Crippen LogP contribution in [-0.2, 0) is 9.59 Å². The van der Waals surface area contributed by atoms with Gasteiger partial charge in [-0.2, -0.15) is 0 Å². The molecular weight excluding hydrogens is 236 g/mol. The molecule has 1 unspecified atom stereocenters. The summed E-state index contributed by atoms with van der Waals surface area (Å²) in [4.78, 5) is 34.2. The zero-order valence-electron chi connectivity index (χ0n) is 9.47. The van der Waals surface area contributed by atoms with Crippen LogP contribution in [0.3, 0.4) is 0 Å². The molecule has 0 bridgehead atoms. The molecule has 0 saturated carbocycles. The fourth-order valence-corrected chi connectivity index (χ4v) is 1.72. The van der Waals surface area contributed by atoms with Gasteiger partial charge in [-0.25, -0.2) is 0 Å². The Morgan fingerprint density at radius 1 is 1.39 bits per heavy atom. The molecule has 1 atom stereocenters. The van der Waals surface area contributed by atoms with Gasteiger partial charge in [-0.3, -0.25) is 19.7 Å². The van der Waals surface area contributed by atoms with Gasteiger partial charge in [-0.15, -0.1) is 0 Å². The SMILES string of the molecule is O=C1CCC(NC(=O)c2cccc(O)c2)C(=O)N1. The lowest BCUT2D eigenvalue weighted by Crippen LogP contribution is -2.52. The van der Waals surface area contributed by atoms with E-state index in [4.69, 9.17) is 0 Å². The number of benzene rings is 1. The van der Waals surface area contributed by atoms with Crippen molar-refractivity contribution in [2.45, 2.75) is 18.9 Å². The van der Waals surface area contributed by atoms with Gasteiger partial charge in [0.1, 0.15) is 11.8 Å². The third-order valence-electron chi connectivity index (χ3n) is 2.65. The lowest BCUT2D eigenvalue weighted by molar-refractivity contribution is -0.134. The zero-order valence-corrected chi connectivity index (χ0v) is 9.47. The molecule has 1 aromatic rings. The molecule has 1 fully saturated rings. The molecule has 3 amide bonds. The minimum atomic E-state index is -0.711. The Labute approximate surface area is 103 Å². The summed E-state index contributed by atoms with van der Waals surface area (Å²) in [5.41, 5.74) is 0.264. The number of carbonyl (C=O) groups excluding carboxylic acids is 3. The monoisotopic (exact) mass is 248 g/mol. The Hall–Kier alpha value is -2.37. The van der Waals surface area contributed by atoms with Crippen molar-refractivity contribution in [1.29, 1.82) is 0 Å². The normalized spacial score (nSPS) is 19.2. The summed E-state index contributed by atoms with van der Waals surface area (Å²) >= 11 is 0. The average Bonchev–Trinajstić information content (AvgIpc) is 2.32. The molecule has 18 heavy (non-hydrogen) atoms. The number of rotatable bonds is 2. The number of carbonyl (C=O) groups is 3. The first-order valence-corrected chi connectivity index (χ1v) is 5.50. The van der Waals surface area contributed by atoms with Gasteiger partial charge in [0.25, 0.3) is 5.91 Å². The summed E-state index contributed by atoms with van der Waals surface area (Å²) in [7, 11) is 0. The van der Waals surface area contributed by atoms with Gasteiger partial charge in [0.2, 0.25) is 11.8 Å². The average molecular weight is 248 g/mol. The van der Waals surface area contributed by atoms with Crippen LogP contribution in [0.4, 0.5) is 0 Å². The molecule has 1 aromatic carbocycles. The molecule has 1 aliphatic rings. The Morgan fingerprint density at radius 3 is 2.83 bits per heavy atom. The van der Waals surface area contributed by atoms with Crippen LogP contribution in [-0.4, -0.2) is 28.9 Å². The lowest BCUT2D eigenvalue weighted by atomic mass is 10.1. The van der Waals surface area contributed by atoms with E-state index in [-0.39, 0.29) is 30.1 Å². The molecule has 0 spiro atoms. The number of aromatic hydroxyl groups is 1. The van der Waals surface area contributed by atoms with Crippen LogP contribution in [0.15, 0.2) is 24.3 Å². The van der Waals surface area contributed by atoms with Crippen molar-refractivity contribution in [1.82, 2.24) is 10.6 Å². The predicted octanol–water partition coefficient (Wildman–Crippen LogP) is -0.0728. The molecule has 0 aliphatic carbocycles. The Morgan fingerprint density at radius 2 is 2.17 bits per heavy atom. The van der Waals surface area contributed by atoms with Gasteiger partial charge in [0, 0.05) is 12.0 Å². The van der Waals surface area contributed by atoms with Gasteiger partial charge in [0.15, 0.2) is 0 Å². The van der Waals surface area contributed by atoms with Crippen LogP contribution in [0.1, 0.15) is 23.2 Å². The van der Waals surface area contributed by atoms with E-state index < -0.39 is 17.9 Å². The maximum absolute atomic E-state index is 11.8. The molecule has 6 nitrogen and oxygen atoms in total. The highest BCUT2D eigenvalue weighted by atomic mass is 16.3. The van der Waals surface area contributed by atoms with Crippen LogP contribution >= 0.6 is 0 Å². The van der Waals surface area contributed by atoms with Crippen molar-refractivity contribution in [2.24, 2.45) is 0 Å². The molecule has 94 valence electrons. The van der Waals surface area contributed by atoms with Crippen molar-refractivity contribution < 1.29 is 19.5 Å². The predicted molar refractivity (Wildman–Crippen MR) is 61.7 cm³/mol. The molecule has 1 saturated heterocycles. The van der Waals surface area contributed by atoms with Crippen LogP contribution in [0, 0.1) is 0 Å². The minimum absolute atomic E-state index is 0.0223. The summed E-state index contributed by atoms with van der Waals surface area (Å²) < 4.78 is 0. The number of imide groups is 1. The first-order chi connectivity index (χ1) is 8.56. The van der Waals surface area contributed by atoms with E-state index in [0.29, 0.717) is 0 Å². The smallest absolute Gasteiger partial charge is 0.252 e. The number of phenolic OH excluding ortho intramolecular Hbond substituents is 1. The highest BCUT2D eigenvalue weighted by Gasteiger charge is 2.27. The maximum Gasteiger partial charge on any atom is 0.252 e. The maximum atomic E-state index is 11.8. The largest absolute Gasteiger partial charge is 0.508 e. The lowest BCUT2D eigenvalue weighted by Gasteiger charge is -2.21. The van der Waals surface area contributed by atoms with E-state index in [2.05, 4.69) is 10.6 Å². The van der Waals surface area contributed by atoms with Gasteiger partial charge in [-0.05, 0) is 24.6 Å². The third kappa shape index (κ3) is 2.65. The topological polar surface area (TPSA) is 95.5 Å². The first kappa shape index (κ1) is 12.1. The van der Waals surface area contributed by atoms with Crippen LogP contribution < -0.4 is 10.6 Å². The second kappa shape index (κ2) is 4.87. The summed E-state index contributed by atoms with van der Waals surface area (Å²) in [6, 6.07) is 5.11. The molecule has 1 aliphatic heterocycles. The van der Waals surface area contributed by atoms with Crippen molar-refractivity contribution >= 4 is 17.7 Å². The first-order valence-electron chi connectivity index (χ1n) is 5.50. The highest BCUT2D eigenvalue weighted by molar-refractivity contribution is 6.03. The van der Waals surface area contributed by atoms with Gasteiger partial charge >= 0.3 is 0 Å². The number of nitrogens with one attached hydrogen (secondary N) is 2. The fraction of sp³-hybridized carbons (Fsp3) is 0.250. The zero-order chi connectivity index (χ0) is 13.1. The van der Waals surface area contributed by atoms with Crippen molar-refractivity contribution in [3.63, 3.8) is 0 Å². The van der Waals surface area contributed by atoms with Gasteiger partial charge in [0.05, 0.1) is 0 Å². The van der Waals surface area contributed by atoms with E-state index >= 15 is 0 Å². The molecule has 1 heterocycles. The summed E-state index contributed by atoms with van der Waals surface area (Å²) in [5, 5.41) is 13.9. The Kier molecular flexibility index (Phi) is 3.27. The van der Waals surface area contributed by atoms with E-state index in [1.54, 1.807) is 0 Å². The second-order valence-corrected chi connectivity index (χ2v) is 4.03. The number of amides is 3. The Bertz CT molecular complexity index is 513. The molecule has 0 radical (unpaired) electrons. The van der Waals surface area contributed by atoms with Crippen molar-refractivity contribution in [3.05, 3.63) is 29.8 Å². The number of hydrogen-bond donors (Lipinski definition) is 3. The summed E-state index contributed by atoms with van der Waals surface area (Å²) in [5.74, 6) is -1.31. The second-order valence-electron chi connectivity index (χ2n) is 4.03. The van der Waals surface area contributed by atoms with E-state index in [1.165, 1.54) is 24.3 Å². The van der Waals surface area contributed by atoms with Crippen LogP contribution in [0.5, 0.6) is 5.75 Å². The molecular formula is C12H12N2O4. The molecule has 6 heteroatoms. The standard InChI is InChI=1S/C12H12N2O4/c15-8-3-1-2-7(6-8)11(17)13-9-4-5-10(16)14-12(9)18/h1-3,6,9,15H,4-5H2,(H,13,17)(H,14,16,18). The van der Waals surface area contributed by atoms with Crippen LogP contribution in [0.25, 0.3) is 0 Å². The number of phenols is 1. The summed E-state index contributed by atoms with van der Waals surface area (Å²) in [6.45, 7) is 0. The molecule has 0 aromatic heterocycles. The minimum Gasteiger partial charge on any atom is -0.508 e. The summed E-state index contributed by atoms with van der Waals surface area (Å²) in [6.07, 6.45) is 0.492. The highest BCUT2D eigenvalue weighted by Crippen LogP contribution is 2.12. The van der Waals surface area contributed by atoms with Gasteiger partial charge < -0.3 is 10.4 Å². The quantitative estimate of drug-likeness (QED) is 0.638. The fourth-order valence-electron chi connectivity index (χ4n) is 1.72. The van der Waals surface area contributed by atoms with E-state index in [1.807, 2.05) is 0 Å². The Balaban J connectivity index is 2.03. The van der Waals surface area contributed by atoms with Crippen molar-refractivity contribution in [3.8, 4) is 5.75 Å². The van der Waals surface area contributed by atoms with E-state index in [9.17, 15) is 19.5 Å². The van der Waals surface area contributed by atoms with Gasteiger partial charge in [-0.1, -0.05) is 6.07 Å². The molecule has 2 rings (SSSR count). The van der Waals surface area contributed by atoms with E-state index in [0.717, 1.165) is 0 Å². The van der Waals surface area contributed by atoms with Crippen molar-refractivity contribution in [2.75, 3.05) is 0 Å². The number of piperidine rings is 1.